The molecule has 6 heteroatoms. The Morgan fingerprint density at radius 2 is 2.14 bits per heavy atom. The number of carbonyl (C=O) groups is 1. The lowest BCUT2D eigenvalue weighted by atomic mass is 10.1. The maximum absolute atomic E-state index is 11.3. The number of nitrogens with one attached hydrogen (secondary N) is 1. The number of anilines is 1. The van der Waals surface area contributed by atoms with E-state index in [1.165, 1.54) is 0 Å². The Labute approximate surface area is 122 Å². The Kier molecular flexibility index (Phi) is 4.57. The highest BCUT2D eigenvalue weighted by atomic mass is 16.5. The third-order valence-electron chi connectivity index (χ3n) is 2.73. The molecule has 2 aromatic rings. The minimum Gasteiger partial charge on any atom is -0.465 e. The van der Waals surface area contributed by atoms with Gasteiger partial charge in [-0.3, -0.25) is 4.79 Å². The van der Waals surface area contributed by atoms with E-state index in [0.717, 1.165) is 11.1 Å². The number of benzene rings is 1. The van der Waals surface area contributed by atoms with E-state index in [-0.39, 0.29) is 18.1 Å². The van der Waals surface area contributed by atoms with E-state index in [0.29, 0.717) is 12.5 Å². The van der Waals surface area contributed by atoms with Crippen molar-refractivity contribution < 1.29 is 13.9 Å². The molecule has 0 radical (unpaired) electrons. The van der Waals surface area contributed by atoms with Gasteiger partial charge in [-0.25, -0.2) is 0 Å². The molecule has 0 aliphatic heterocycles. The van der Waals surface area contributed by atoms with E-state index in [4.69, 9.17) is 14.4 Å². The maximum atomic E-state index is 11.3. The molecule has 0 fully saturated rings. The van der Waals surface area contributed by atoms with Gasteiger partial charge < -0.3 is 14.5 Å². The number of ether oxygens (including phenoxy) is 1. The Balaban J connectivity index is 2.18. The fraction of sp³-hybridized carbons (Fsp3) is 0.267. The number of carbonyl (C=O) groups excluding carboxylic acids is 1. The van der Waals surface area contributed by atoms with E-state index in [9.17, 15) is 4.79 Å². The summed E-state index contributed by atoms with van der Waals surface area (Å²) in [6.45, 7) is 3.93. The van der Waals surface area contributed by atoms with Crippen LogP contribution in [0.4, 0.5) is 5.88 Å². The number of nitriles is 1. The summed E-state index contributed by atoms with van der Waals surface area (Å²) in [4.78, 5) is 15.4. The number of oxazole rings is 1. The number of aryl methyl sites for hydroxylation is 1. The van der Waals surface area contributed by atoms with Crippen LogP contribution in [0.15, 0.2) is 28.7 Å². The van der Waals surface area contributed by atoms with Crippen molar-refractivity contribution >= 4 is 11.9 Å². The molecule has 0 saturated carbocycles. The van der Waals surface area contributed by atoms with Gasteiger partial charge in [-0.2, -0.15) is 10.2 Å². The minimum atomic E-state index is -0.422. The highest BCUT2D eigenvalue weighted by molar-refractivity contribution is 5.75. The van der Waals surface area contributed by atoms with Gasteiger partial charge in [0.2, 0.25) is 17.5 Å². The summed E-state index contributed by atoms with van der Waals surface area (Å²) >= 11 is 0. The van der Waals surface area contributed by atoms with Crippen molar-refractivity contribution in [3.8, 4) is 17.5 Å². The van der Waals surface area contributed by atoms with Gasteiger partial charge in [0.05, 0.1) is 6.61 Å². The van der Waals surface area contributed by atoms with Crippen LogP contribution in [0.2, 0.25) is 0 Å². The molecule has 1 aromatic heterocycles. The fourth-order valence-corrected chi connectivity index (χ4v) is 1.70. The van der Waals surface area contributed by atoms with Crippen molar-refractivity contribution in [1.82, 2.24) is 4.98 Å². The molecule has 6 nitrogen and oxygen atoms in total. The largest absolute Gasteiger partial charge is 0.465 e. The van der Waals surface area contributed by atoms with E-state index in [2.05, 4.69) is 10.3 Å². The molecular weight excluding hydrogens is 270 g/mol. The lowest BCUT2D eigenvalue weighted by Gasteiger charge is -2.02. The fourth-order valence-electron chi connectivity index (χ4n) is 1.70. The predicted octanol–water partition coefficient (Wildman–Crippen LogP) is 2.50. The zero-order valence-electron chi connectivity index (χ0n) is 11.8. The minimum absolute atomic E-state index is 0.0783. The number of hydrogen-bond donors (Lipinski definition) is 1. The van der Waals surface area contributed by atoms with Crippen molar-refractivity contribution in [2.75, 3.05) is 18.5 Å². The molecule has 1 N–H and O–H groups in total. The zero-order chi connectivity index (χ0) is 15.2. The lowest BCUT2D eigenvalue weighted by molar-refractivity contribution is -0.140. The van der Waals surface area contributed by atoms with Crippen LogP contribution in [-0.2, 0) is 9.53 Å². The standard InChI is InChI=1S/C15H15N3O3/c1-3-20-13(19)9-17-15-12(8-16)18-14(21-15)11-6-4-10(2)5-7-11/h4-7,17H,3,9H2,1-2H3. The predicted molar refractivity (Wildman–Crippen MR) is 76.5 cm³/mol. The van der Waals surface area contributed by atoms with Crippen LogP contribution in [-0.4, -0.2) is 24.1 Å². The molecule has 2 rings (SSSR count). The summed E-state index contributed by atoms with van der Waals surface area (Å²) in [6, 6.07) is 9.51. The highest BCUT2D eigenvalue weighted by Crippen LogP contribution is 2.25. The molecule has 0 spiro atoms. The van der Waals surface area contributed by atoms with Crippen molar-refractivity contribution in [3.05, 3.63) is 35.5 Å². The van der Waals surface area contributed by atoms with E-state index in [1.807, 2.05) is 37.3 Å². The summed E-state index contributed by atoms with van der Waals surface area (Å²) < 4.78 is 10.3. The van der Waals surface area contributed by atoms with E-state index >= 15 is 0 Å². The Morgan fingerprint density at radius 3 is 2.76 bits per heavy atom. The summed E-state index contributed by atoms with van der Waals surface area (Å²) in [7, 11) is 0. The molecule has 108 valence electrons. The molecule has 1 aromatic carbocycles. The van der Waals surface area contributed by atoms with Crippen molar-refractivity contribution in [1.29, 1.82) is 5.26 Å². The molecule has 0 bridgehead atoms. The summed E-state index contributed by atoms with van der Waals surface area (Å²) in [5.74, 6) is 0.0775. The zero-order valence-corrected chi connectivity index (χ0v) is 11.8. The van der Waals surface area contributed by atoms with Crippen LogP contribution >= 0.6 is 0 Å². The molecule has 0 amide bonds. The smallest absolute Gasteiger partial charge is 0.325 e. The summed E-state index contributed by atoms with van der Waals surface area (Å²) in [6.07, 6.45) is 0. The first-order chi connectivity index (χ1) is 10.1. The number of hydrogen-bond acceptors (Lipinski definition) is 6. The van der Waals surface area contributed by atoms with E-state index in [1.54, 1.807) is 6.92 Å². The Hall–Kier alpha value is -2.81. The second-order valence-corrected chi connectivity index (χ2v) is 4.33. The Bertz CT molecular complexity index is 668. The monoisotopic (exact) mass is 285 g/mol. The van der Waals surface area contributed by atoms with Crippen LogP contribution in [0.1, 0.15) is 18.2 Å². The molecule has 0 unspecified atom stereocenters. The molecular formula is C15H15N3O3. The van der Waals surface area contributed by atoms with Crippen molar-refractivity contribution in [2.24, 2.45) is 0 Å². The van der Waals surface area contributed by atoms with Gasteiger partial charge in [0.1, 0.15) is 12.6 Å². The molecule has 21 heavy (non-hydrogen) atoms. The van der Waals surface area contributed by atoms with Gasteiger partial charge in [0, 0.05) is 5.56 Å². The van der Waals surface area contributed by atoms with Crippen LogP contribution in [0.5, 0.6) is 0 Å². The second kappa shape index (κ2) is 6.57. The molecule has 0 aliphatic carbocycles. The molecule has 0 atom stereocenters. The maximum Gasteiger partial charge on any atom is 0.325 e. The summed E-state index contributed by atoms with van der Waals surface area (Å²) in [5.41, 5.74) is 1.99. The highest BCUT2D eigenvalue weighted by Gasteiger charge is 2.15. The van der Waals surface area contributed by atoms with Gasteiger partial charge in [0.25, 0.3) is 0 Å². The van der Waals surface area contributed by atoms with Crippen LogP contribution in [0.25, 0.3) is 11.5 Å². The number of nitrogens with zero attached hydrogens (tertiary/aromatic N) is 2. The first-order valence-corrected chi connectivity index (χ1v) is 6.51. The van der Waals surface area contributed by atoms with Crippen LogP contribution in [0.3, 0.4) is 0 Å². The van der Waals surface area contributed by atoms with Crippen molar-refractivity contribution in [2.45, 2.75) is 13.8 Å². The van der Waals surface area contributed by atoms with Crippen LogP contribution in [0, 0.1) is 18.3 Å². The molecule has 1 heterocycles. The van der Waals surface area contributed by atoms with Crippen molar-refractivity contribution in [3.63, 3.8) is 0 Å². The first-order valence-electron chi connectivity index (χ1n) is 6.51. The van der Waals surface area contributed by atoms with Gasteiger partial charge in [-0.1, -0.05) is 17.7 Å². The van der Waals surface area contributed by atoms with E-state index < -0.39 is 5.97 Å². The topological polar surface area (TPSA) is 88.2 Å². The molecule has 0 saturated heterocycles. The lowest BCUT2D eigenvalue weighted by Crippen LogP contribution is -2.16. The SMILES string of the molecule is CCOC(=O)CNc1oc(-c2ccc(C)cc2)nc1C#N. The first kappa shape index (κ1) is 14.6. The average molecular weight is 285 g/mol. The van der Waals surface area contributed by atoms with Crippen LogP contribution < -0.4 is 5.32 Å². The van der Waals surface area contributed by atoms with Gasteiger partial charge in [0.15, 0.2) is 0 Å². The number of esters is 1. The molecule has 0 aliphatic rings. The third kappa shape index (κ3) is 3.60. The van der Waals surface area contributed by atoms with Gasteiger partial charge in [-0.05, 0) is 26.0 Å². The number of aromatic nitrogens is 1. The third-order valence-corrected chi connectivity index (χ3v) is 2.73. The quantitative estimate of drug-likeness (QED) is 0.849. The van der Waals surface area contributed by atoms with Gasteiger partial charge >= 0.3 is 5.97 Å². The number of rotatable bonds is 5. The second-order valence-electron chi connectivity index (χ2n) is 4.33. The average Bonchev–Trinajstić information content (AvgIpc) is 2.89. The normalized spacial score (nSPS) is 9.95. The van der Waals surface area contributed by atoms with Gasteiger partial charge in [-0.15, -0.1) is 0 Å². The Morgan fingerprint density at radius 1 is 1.43 bits per heavy atom. The summed E-state index contributed by atoms with van der Waals surface area (Å²) in [5, 5.41) is 11.8.